The summed E-state index contributed by atoms with van der Waals surface area (Å²) < 4.78 is 23.3. The lowest BCUT2D eigenvalue weighted by atomic mass is 9.97. The molecule has 0 bridgehead atoms. The van der Waals surface area contributed by atoms with Crippen molar-refractivity contribution in [3.8, 4) is 0 Å². The Morgan fingerprint density at radius 1 is 1.26 bits per heavy atom. The van der Waals surface area contributed by atoms with Gasteiger partial charge in [-0.1, -0.05) is 38.1 Å². The van der Waals surface area contributed by atoms with Crippen molar-refractivity contribution >= 4 is 9.84 Å². The van der Waals surface area contributed by atoms with Crippen LogP contribution in [0.3, 0.4) is 0 Å². The van der Waals surface area contributed by atoms with E-state index in [1.54, 1.807) is 6.92 Å². The molecule has 0 radical (unpaired) electrons. The third kappa shape index (κ3) is 4.60. The minimum absolute atomic E-state index is 0.387. The summed E-state index contributed by atoms with van der Waals surface area (Å²) in [6.07, 6.45) is 2.21. The van der Waals surface area contributed by atoms with E-state index in [1.165, 1.54) is 11.8 Å². The molecule has 0 aromatic heterocycles. The molecule has 2 unspecified atom stereocenters. The molecule has 3 N–H and O–H groups in total. The number of nitrogens with one attached hydrogen (secondary N) is 1. The zero-order valence-corrected chi connectivity index (χ0v) is 12.9. The maximum Gasteiger partial charge on any atom is 0.151 e. The predicted molar refractivity (Wildman–Crippen MR) is 79.4 cm³/mol. The summed E-state index contributed by atoms with van der Waals surface area (Å²) >= 11 is 0. The van der Waals surface area contributed by atoms with Gasteiger partial charge in [-0.15, -0.1) is 0 Å². The van der Waals surface area contributed by atoms with Gasteiger partial charge >= 0.3 is 0 Å². The van der Waals surface area contributed by atoms with E-state index >= 15 is 0 Å². The van der Waals surface area contributed by atoms with Crippen LogP contribution in [-0.4, -0.2) is 19.9 Å². The molecular formula is C14H24N2O2S. The molecule has 0 heterocycles. The molecule has 0 aliphatic heterocycles. The van der Waals surface area contributed by atoms with Crippen LogP contribution in [0.5, 0.6) is 0 Å². The summed E-state index contributed by atoms with van der Waals surface area (Å²) in [5.41, 5.74) is 4.74. The molecule has 1 aromatic rings. The highest BCUT2D eigenvalue weighted by atomic mass is 32.2. The van der Waals surface area contributed by atoms with E-state index in [0.717, 1.165) is 12.0 Å². The van der Waals surface area contributed by atoms with Crippen molar-refractivity contribution in [2.45, 2.75) is 38.5 Å². The average Bonchev–Trinajstić information content (AvgIpc) is 2.28. The summed E-state index contributed by atoms with van der Waals surface area (Å²) in [5.74, 6) is 6.10. The Bertz CT molecular complexity index is 512. The summed E-state index contributed by atoms with van der Waals surface area (Å²) in [4.78, 5) is 0. The lowest BCUT2D eigenvalue weighted by Crippen LogP contribution is -2.38. The molecule has 108 valence electrons. The maximum atomic E-state index is 11.7. The fourth-order valence-corrected chi connectivity index (χ4v) is 2.86. The van der Waals surface area contributed by atoms with Crippen molar-refractivity contribution in [1.29, 1.82) is 0 Å². The lowest BCUT2D eigenvalue weighted by Gasteiger charge is -2.23. The van der Waals surface area contributed by atoms with Crippen LogP contribution in [0.4, 0.5) is 0 Å². The van der Waals surface area contributed by atoms with Crippen LogP contribution in [0.2, 0.25) is 0 Å². The van der Waals surface area contributed by atoms with Gasteiger partial charge in [0.1, 0.15) is 0 Å². The summed E-state index contributed by atoms with van der Waals surface area (Å²) in [5, 5.41) is -0.563. The Hall–Kier alpha value is -0.910. The van der Waals surface area contributed by atoms with E-state index in [-0.39, 0.29) is 6.04 Å². The van der Waals surface area contributed by atoms with Gasteiger partial charge in [-0.25, -0.2) is 8.42 Å². The standard InChI is InChI=1S/C14H24N2O2S/c1-10(2)8-12-6-5-7-13(9-12)14(16-15)11(3)19(4,17)18/h5-7,9-11,14,16H,8,15H2,1-4H3. The highest BCUT2D eigenvalue weighted by Crippen LogP contribution is 2.22. The van der Waals surface area contributed by atoms with E-state index in [1.807, 2.05) is 18.2 Å². The Labute approximate surface area is 116 Å². The van der Waals surface area contributed by atoms with Crippen LogP contribution in [0.25, 0.3) is 0 Å². The molecule has 19 heavy (non-hydrogen) atoms. The molecule has 0 saturated carbocycles. The second-order valence-electron chi connectivity index (χ2n) is 5.52. The van der Waals surface area contributed by atoms with E-state index in [4.69, 9.17) is 5.84 Å². The van der Waals surface area contributed by atoms with Crippen molar-refractivity contribution in [3.05, 3.63) is 35.4 Å². The topological polar surface area (TPSA) is 72.2 Å². The van der Waals surface area contributed by atoms with Crippen molar-refractivity contribution in [1.82, 2.24) is 5.43 Å². The van der Waals surface area contributed by atoms with E-state index < -0.39 is 15.1 Å². The lowest BCUT2D eigenvalue weighted by molar-refractivity contribution is 0.512. The van der Waals surface area contributed by atoms with Crippen molar-refractivity contribution in [2.75, 3.05) is 6.26 Å². The summed E-state index contributed by atoms with van der Waals surface area (Å²) in [6, 6.07) is 7.57. The van der Waals surface area contributed by atoms with Gasteiger partial charge in [0.2, 0.25) is 0 Å². The quantitative estimate of drug-likeness (QED) is 0.617. The molecule has 0 spiro atoms. The number of nitrogens with two attached hydrogens (primary N) is 1. The molecule has 0 fully saturated rings. The average molecular weight is 284 g/mol. The van der Waals surface area contributed by atoms with Gasteiger partial charge in [0.05, 0.1) is 11.3 Å². The van der Waals surface area contributed by atoms with Crippen LogP contribution >= 0.6 is 0 Å². The SMILES string of the molecule is CC(C)Cc1cccc(C(NN)C(C)S(C)(=O)=O)c1. The van der Waals surface area contributed by atoms with Gasteiger partial charge in [-0.2, -0.15) is 0 Å². The number of benzene rings is 1. The minimum atomic E-state index is -3.14. The van der Waals surface area contributed by atoms with E-state index in [9.17, 15) is 8.42 Å². The Morgan fingerprint density at radius 2 is 1.89 bits per heavy atom. The van der Waals surface area contributed by atoms with Crippen molar-refractivity contribution in [2.24, 2.45) is 11.8 Å². The Balaban J connectivity index is 3.05. The Kier molecular flexibility index (Phi) is 5.52. The first kappa shape index (κ1) is 16.1. The van der Waals surface area contributed by atoms with Crippen molar-refractivity contribution < 1.29 is 8.42 Å². The maximum absolute atomic E-state index is 11.7. The molecule has 5 heteroatoms. The van der Waals surface area contributed by atoms with Crippen LogP contribution < -0.4 is 11.3 Å². The highest BCUT2D eigenvalue weighted by Gasteiger charge is 2.26. The number of rotatable bonds is 6. The third-order valence-electron chi connectivity index (χ3n) is 3.28. The molecule has 0 saturated heterocycles. The predicted octanol–water partition coefficient (Wildman–Crippen LogP) is 1.82. The highest BCUT2D eigenvalue weighted by molar-refractivity contribution is 7.91. The normalized spacial score (nSPS) is 15.5. The van der Waals surface area contributed by atoms with Crippen LogP contribution in [0.1, 0.15) is 37.9 Å². The zero-order valence-electron chi connectivity index (χ0n) is 12.1. The fraction of sp³-hybridized carbons (Fsp3) is 0.571. The van der Waals surface area contributed by atoms with Gasteiger partial charge in [0, 0.05) is 6.26 Å². The monoisotopic (exact) mass is 284 g/mol. The van der Waals surface area contributed by atoms with Crippen LogP contribution in [0.15, 0.2) is 24.3 Å². The number of hydrazine groups is 1. The second-order valence-corrected chi connectivity index (χ2v) is 7.92. The van der Waals surface area contributed by atoms with Gasteiger partial charge in [-0.05, 0) is 30.4 Å². The van der Waals surface area contributed by atoms with Crippen molar-refractivity contribution in [3.63, 3.8) is 0 Å². The largest absolute Gasteiger partial charge is 0.271 e. The molecule has 2 atom stereocenters. The summed E-state index contributed by atoms with van der Waals surface area (Å²) in [6.45, 7) is 5.99. The summed E-state index contributed by atoms with van der Waals surface area (Å²) in [7, 11) is -3.14. The first-order valence-electron chi connectivity index (χ1n) is 6.49. The first-order valence-corrected chi connectivity index (χ1v) is 8.45. The van der Waals surface area contributed by atoms with Gasteiger partial charge in [-0.3, -0.25) is 11.3 Å². The van der Waals surface area contributed by atoms with E-state index in [2.05, 4.69) is 25.3 Å². The number of hydrogen-bond donors (Lipinski definition) is 2. The molecule has 0 amide bonds. The molecular weight excluding hydrogens is 260 g/mol. The number of sulfone groups is 1. The fourth-order valence-electron chi connectivity index (χ4n) is 2.13. The third-order valence-corrected chi connectivity index (χ3v) is 4.90. The molecule has 4 nitrogen and oxygen atoms in total. The van der Waals surface area contributed by atoms with Gasteiger partial charge in [0.15, 0.2) is 9.84 Å². The minimum Gasteiger partial charge on any atom is -0.271 e. The molecule has 0 aliphatic rings. The second kappa shape index (κ2) is 6.50. The first-order chi connectivity index (χ1) is 8.75. The molecule has 0 aliphatic carbocycles. The zero-order chi connectivity index (χ0) is 14.6. The van der Waals surface area contributed by atoms with Gasteiger partial charge < -0.3 is 0 Å². The smallest absolute Gasteiger partial charge is 0.151 e. The number of hydrogen-bond acceptors (Lipinski definition) is 4. The molecule has 1 aromatic carbocycles. The van der Waals surface area contributed by atoms with Crippen LogP contribution in [0, 0.1) is 5.92 Å². The van der Waals surface area contributed by atoms with Crippen LogP contribution in [-0.2, 0) is 16.3 Å². The Morgan fingerprint density at radius 3 is 2.37 bits per heavy atom. The van der Waals surface area contributed by atoms with Gasteiger partial charge in [0.25, 0.3) is 0 Å². The van der Waals surface area contributed by atoms with E-state index in [0.29, 0.717) is 5.92 Å². The molecule has 1 rings (SSSR count).